The fourth-order valence-corrected chi connectivity index (χ4v) is 5.03. The van der Waals surface area contributed by atoms with Crippen molar-refractivity contribution in [1.29, 1.82) is 0 Å². The van der Waals surface area contributed by atoms with E-state index in [0.29, 0.717) is 6.54 Å². The maximum absolute atomic E-state index is 12.6. The molecular weight excluding hydrogens is 382 g/mol. The number of aromatic nitrogens is 4. The van der Waals surface area contributed by atoms with E-state index in [-0.39, 0.29) is 5.91 Å². The van der Waals surface area contributed by atoms with Crippen molar-refractivity contribution < 1.29 is 4.79 Å². The molecule has 0 saturated carbocycles. The Kier molecular flexibility index (Phi) is 4.60. The molecule has 1 aliphatic carbocycles. The first kappa shape index (κ1) is 18.0. The predicted octanol–water partition coefficient (Wildman–Crippen LogP) is 4.20. The molecule has 29 heavy (non-hydrogen) atoms. The summed E-state index contributed by atoms with van der Waals surface area (Å²) in [5.74, 6) is 0.00196. The molecule has 0 saturated heterocycles. The first-order valence-corrected chi connectivity index (χ1v) is 10.6. The third kappa shape index (κ3) is 3.42. The van der Waals surface area contributed by atoms with Gasteiger partial charge in [-0.3, -0.25) is 14.9 Å². The number of carbonyl (C=O) groups is 1. The van der Waals surface area contributed by atoms with Gasteiger partial charge in [0.15, 0.2) is 5.65 Å². The largest absolute Gasteiger partial charge is 0.347 e. The van der Waals surface area contributed by atoms with Gasteiger partial charge in [0.05, 0.1) is 16.8 Å². The highest BCUT2D eigenvalue weighted by Crippen LogP contribution is 2.30. The number of thiophene rings is 1. The zero-order chi connectivity index (χ0) is 19.8. The molecule has 4 aromatic heterocycles. The number of pyridine rings is 2. The fourth-order valence-electron chi connectivity index (χ4n) is 3.86. The molecule has 4 aromatic rings. The van der Waals surface area contributed by atoms with Crippen LogP contribution >= 0.6 is 11.3 Å². The molecule has 0 unspecified atom stereocenters. The van der Waals surface area contributed by atoms with Crippen molar-refractivity contribution in [2.24, 2.45) is 0 Å². The zero-order valence-electron chi connectivity index (χ0n) is 16.2. The number of rotatable bonds is 4. The van der Waals surface area contributed by atoms with Crippen LogP contribution in [0.25, 0.3) is 22.3 Å². The van der Waals surface area contributed by atoms with Gasteiger partial charge in [-0.05, 0) is 67.5 Å². The Hall–Kier alpha value is -3.06. The minimum absolute atomic E-state index is 0.00196. The number of amides is 1. The van der Waals surface area contributed by atoms with E-state index in [4.69, 9.17) is 0 Å². The highest BCUT2D eigenvalue weighted by Gasteiger charge is 2.17. The molecule has 5 rings (SSSR count). The van der Waals surface area contributed by atoms with Gasteiger partial charge in [-0.1, -0.05) is 0 Å². The van der Waals surface area contributed by atoms with E-state index in [1.54, 1.807) is 23.7 Å². The van der Waals surface area contributed by atoms with E-state index in [1.165, 1.54) is 23.3 Å². The van der Waals surface area contributed by atoms with E-state index in [2.05, 4.69) is 31.5 Å². The summed E-state index contributed by atoms with van der Waals surface area (Å²) in [6, 6.07) is 6.06. The second kappa shape index (κ2) is 7.40. The van der Waals surface area contributed by atoms with Gasteiger partial charge < -0.3 is 5.32 Å². The van der Waals surface area contributed by atoms with Crippen molar-refractivity contribution in [1.82, 2.24) is 25.5 Å². The van der Waals surface area contributed by atoms with Gasteiger partial charge in [0, 0.05) is 34.8 Å². The number of nitrogens with one attached hydrogen (secondary N) is 2. The van der Waals surface area contributed by atoms with Crippen molar-refractivity contribution >= 4 is 28.3 Å². The number of H-pyrrole nitrogens is 1. The second-order valence-electron chi connectivity index (χ2n) is 7.44. The molecule has 0 aromatic carbocycles. The first-order valence-electron chi connectivity index (χ1n) is 9.83. The number of nitrogens with zero attached hydrogens (tertiary/aromatic N) is 3. The van der Waals surface area contributed by atoms with Gasteiger partial charge in [-0.25, -0.2) is 4.98 Å². The van der Waals surface area contributed by atoms with Crippen LogP contribution < -0.4 is 5.32 Å². The van der Waals surface area contributed by atoms with Crippen LogP contribution in [0.3, 0.4) is 0 Å². The Labute approximate surface area is 172 Å². The summed E-state index contributed by atoms with van der Waals surface area (Å²) in [7, 11) is 0. The van der Waals surface area contributed by atoms with Gasteiger partial charge in [0.2, 0.25) is 0 Å². The molecule has 0 radical (unpaired) electrons. The number of fused-ring (bicyclic) bond motifs is 2. The number of hydrogen-bond donors (Lipinski definition) is 2. The van der Waals surface area contributed by atoms with Crippen LogP contribution in [0, 0.1) is 6.92 Å². The minimum atomic E-state index is 0.00196. The maximum atomic E-state index is 12.6. The van der Waals surface area contributed by atoms with Crippen LogP contribution in [0.4, 0.5) is 0 Å². The van der Waals surface area contributed by atoms with Crippen LogP contribution in [0.15, 0.2) is 36.8 Å². The van der Waals surface area contributed by atoms with Gasteiger partial charge in [-0.2, -0.15) is 5.10 Å². The number of carbonyl (C=O) groups excluding carboxylic acids is 1. The molecule has 146 valence electrons. The lowest BCUT2D eigenvalue weighted by atomic mass is 9.99. The van der Waals surface area contributed by atoms with Crippen LogP contribution in [-0.2, 0) is 19.4 Å². The third-order valence-corrected chi connectivity index (χ3v) is 6.75. The normalized spacial score (nSPS) is 13.4. The van der Waals surface area contributed by atoms with Gasteiger partial charge in [0.1, 0.15) is 0 Å². The minimum Gasteiger partial charge on any atom is -0.347 e. The monoisotopic (exact) mass is 403 g/mol. The Morgan fingerprint density at radius 1 is 1.21 bits per heavy atom. The van der Waals surface area contributed by atoms with Crippen LogP contribution in [0.5, 0.6) is 0 Å². The second-order valence-corrected chi connectivity index (χ2v) is 8.57. The van der Waals surface area contributed by atoms with E-state index >= 15 is 0 Å². The summed E-state index contributed by atoms with van der Waals surface area (Å²) < 4.78 is 0. The fraction of sp³-hybridized carbons (Fsp3) is 0.273. The van der Waals surface area contributed by atoms with Crippen LogP contribution in [-0.4, -0.2) is 26.1 Å². The van der Waals surface area contributed by atoms with Gasteiger partial charge >= 0.3 is 0 Å². The average Bonchev–Trinajstić information content (AvgIpc) is 3.39. The molecule has 0 aliphatic heterocycles. The lowest BCUT2D eigenvalue weighted by Gasteiger charge is -2.09. The summed E-state index contributed by atoms with van der Waals surface area (Å²) in [5.41, 5.74) is 6.08. The van der Waals surface area contributed by atoms with Crippen molar-refractivity contribution in [2.45, 2.75) is 39.2 Å². The van der Waals surface area contributed by atoms with E-state index < -0.39 is 0 Å². The standard InChI is InChI=1S/C22H21N5OS/c1-13-8-18(16-6-7-23-21-17(16)12-26-27-21)24-10-15(13)11-25-22(28)20-9-14-4-2-3-5-19(14)29-20/h6-10,12H,2-5,11H2,1H3,(H,25,28)(H,23,26,27). The topological polar surface area (TPSA) is 83.6 Å². The first-order chi connectivity index (χ1) is 14.2. The van der Waals surface area contributed by atoms with Crippen LogP contribution in [0.1, 0.15) is 44.1 Å². The molecule has 2 N–H and O–H groups in total. The summed E-state index contributed by atoms with van der Waals surface area (Å²) in [6.45, 7) is 2.52. The molecule has 0 atom stereocenters. The lowest BCUT2D eigenvalue weighted by Crippen LogP contribution is -2.22. The van der Waals surface area contributed by atoms with Crippen molar-refractivity contribution in [3.63, 3.8) is 0 Å². The maximum Gasteiger partial charge on any atom is 0.261 e. The van der Waals surface area contributed by atoms with Crippen molar-refractivity contribution in [2.75, 3.05) is 0 Å². The Morgan fingerprint density at radius 3 is 2.97 bits per heavy atom. The molecule has 6 nitrogen and oxygen atoms in total. The molecule has 0 spiro atoms. The average molecular weight is 404 g/mol. The molecule has 1 aliphatic rings. The number of hydrogen-bond acceptors (Lipinski definition) is 5. The highest BCUT2D eigenvalue weighted by atomic mass is 32.1. The van der Waals surface area contributed by atoms with E-state index in [9.17, 15) is 4.79 Å². The molecule has 1 amide bonds. The Bertz CT molecular complexity index is 1190. The van der Waals surface area contributed by atoms with Crippen molar-refractivity contribution in [3.05, 3.63) is 63.2 Å². The summed E-state index contributed by atoms with van der Waals surface area (Å²) in [6.07, 6.45) is 10.0. The smallest absolute Gasteiger partial charge is 0.261 e. The summed E-state index contributed by atoms with van der Waals surface area (Å²) >= 11 is 1.64. The van der Waals surface area contributed by atoms with Crippen LogP contribution in [0.2, 0.25) is 0 Å². The molecule has 0 bridgehead atoms. The predicted molar refractivity (Wildman–Crippen MR) is 114 cm³/mol. The van der Waals surface area contributed by atoms with Gasteiger partial charge in [-0.15, -0.1) is 11.3 Å². The highest BCUT2D eigenvalue weighted by molar-refractivity contribution is 7.14. The van der Waals surface area contributed by atoms with Crippen molar-refractivity contribution in [3.8, 4) is 11.3 Å². The molecule has 4 heterocycles. The van der Waals surface area contributed by atoms with E-state index in [1.807, 2.05) is 25.3 Å². The SMILES string of the molecule is Cc1cc(-c2ccnc3[nH]ncc23)ncc1CNC(=O)c1cc2c(s1)CCCC2. The Morgan fingerprint density at radius 2 is 2.10 bits per heavy atom. The summed E-state index contributed by atoms with van der Waals surface area (Å²) in [4.78, 5) is 23.7. The molecule has 7 heteroatoms. The molecular formula is C22H21N5OS. The third-order valence-electron chi connectivity index (χ3n) is 5.51. The van der Waals surface area contributed by atoms with E-state index in [0.717, 1.165) is 51.1 Å². The number of aromatic amines is 1. The summed E-state index contributed by atoms with van der Waals surface area (Å²) in [5, 5.41) is 11.0. The van der Waals surface area contributed by atoms with Gasteiger partial charge in [0.25, 0.3) is 5.91 Å². The quantitative estimate of drug-likeness (QED) is 0.535. The number of aryl methyl sites for hydroxylation is 3. The lowest BCUT2D eigenvalue weighted by molar-refractivity contribution is 0.0955. The Balaban J connectivity index is 1.33. The zero-order valence-corrected chi connectivity index (χ0v) is 17.0. The molecule has 0 fully saturated rings.